The third kappa shape index (κ3) is 6.52. The molecule has 3 rings (SSSR count). The molecule has 2 atom stereocenters. The van der Waals surface area contributed by atoms with E-state index < -0.39 is 11.7 Å². The lowest BCUT2D eigenvalue weighted by atomic mass is 10.0. The first kappa shape index (κ1) is 21.2. The van der Waals surface area contributed by atoms with Gasteiger partial charge in [-0.1, -0.05) is 12.1 Å². The number of epoxide rings is 1. The summed E-state index contributed by atoms with van der Waals surface area (Å²) in [5, 5.41) is 2.91. The Hall–Kier alpha value is -2.48. The molecule has 1 aromatic rings. The molecule has 2 heterocycles. The van der Waals surface area contributed by atoms with Gasteiger partial charge in [-0.25, -0.2) is 9.59 Å². The minimum atomic E-state index is -0.535. The van der Waals surface area contributed by atoms with E-state index in [-0.39, 0.29) is 18.2 Å². The molecule has 0 radical (unpaired) electrons. The van der Waals surface area contributed by atoms with Gasteiger partial charge in [-0.15, -0.1) is 0 Å². The Morgan fingerprint density at radius 1 is 1.28 bits per heavy atom. The van der Waals surface area contributed by atoms with Crippen molar-refractivity contribution in [1.29, 1.82) is 0 Å². The van der Waals surface area contributed by atoms with Crippen molar-refractivity contribution in [1.82, 2.24) is 15.1 Å². The van der Waals surface area contributed by atoms with Gasteiger partial charge in [0.15, 0.2) is 0 Å². The number of carbonyl (C=O) groups excluding carboxylic acids is 2. The average Bonchev–Trinajstić information content (AvgIpc) is 3.43. The number of hydrogen-bond acceptors (Lipinski definition) is 5. The number of ether oxygens (including phenoxy) is 3. The van der Waals surface area contributed by atoms with E-state index in [1.54, 1.807) is 16.8 Å². The number of alkyl carbamates (subject to hydrolysis) is 1. The Bertz CT molecular complexity index is 712. The molecule has 2 fully saturated rings. The molecule has 0 aromatic heterocycles. The third-order valence-corrected chi connectivity index (χ3v) is 4.82. The largest absolute Gasteiger partial charge is 0.492 e. The number of carbonyl (C=O) groups is 2. The standard InChI is InChI=1S/C21H31N3O5/c1-21(2,3)29-19(25)22-17(18-14-28-18)13-15-5-7-16(8-6-15)27-12-11-24-10-9-23(4)20(24)26/h5-8,17-18H,9-14H2,1-4H3,(H,22,25)/t17-,18+/m0/s1. The van der Waals surface area contributed by atoms with Gasteiger partial charge in [-0.2, -0.15) is 0 Å². The predicted molar refractivity (Wildman–Crippen MR) is 108 cm³/mol. The van der Waals surface area contributed by atoms with E-state index in [4.69, 9.17) is 14.2 Å². The molecule has 3 amide bonds. The van der Waals surface area contributed by atoms with E-state index in [2.05, 4.69) is 5.32 Å². The predicted octanol–water partition coefficient (Wildman–Crippen LogP) is 2.27. The minimum absolute atomic E-state index is 0.0228. The summed E-state index contributed by atoms with van der Waals surface area (Å²) in [6, 6.07) is 7.70. The zero-order valence-corrected chi connectivity index (χ0v) is 17.6. The van der Waals surface area contributed by atoms with Gasteiger partial charge in [0.25, 0.3) is 0 Å². The van der Waals surface area contributed by atoms with Crippen LogP contribution in [0.3, 0.4) is 0 Å². The molecule has 160 valence electrons. The summed E-state index contributed by atoms with van der Waals surface area (Å²) in [6.45, 7) is 8.70. The van der Waals surface area contributed by atoms with Crippen LogP contribution in [-0.2, 0) is 15.9 Å². The molecule has 0 aliphatic carbocycles. The first-order chi connectivity index (χ1) is 13.7. The van der Waals surface area contributed by atoms with Crippen molar-refractivity contribution in [3.05, 3.63) is 29.8 Å². The van der Waals surface area contributed by atoms with E-state index in [1.807, 2.05) is 45.0 Å². The molecule has 2 aliphatic heterocycles. The molecule has 0 unspecified atom stereocenters. The third-order valence-electron chi connectivity index (χ3n) is 4.82. The average molecular weight is 405 g/mol. The van der Waals surface area contributed by atoms with Crippen molar-refractivity contribution in [2.24, 2.45) is 0 Å². The highest BCUT2D eigenvalue weighted by Gasteiger charge is 2.35. The molecule has 0 saturated carbocycles. The van der Waals surface area contributed by atoms with E-state index in [1.165, 1.54) is 0 Å². The lowest BCUT2D eigenvalue weighted by Crippen LogP contribution is -2.43. The summed E-state index contributed by atoms with van der Waals surface area (Å²) >= 11 is 0. The van der Waals surface area contributed by atoms with Crippen LogP contribution >= 0.6 is 0 Å². The van der Waals surface area contributed by atoms with Crippen LogP contribution in [0.15, 0.2) is 24.3 Å². The van der Waals surface area contributed by atoms with Crippen molar-refractivity contribution in [2.45, 2.75) is 44.9 Å². The van der Waals surface area contributed by atoms with Crippen LogP contribution in [0.2, 0.25) is 0 Å². The second-order valence-corrected chi connectivity index (χ2v) is 8.51. The van der Waals surface area contributed by atoms with E-state index in [0.717, 1.165) is 24.4 Å². The van der Waals surface area contributed by atoms with Crippen LogP contribution in [0, 0.1) is 0 Å². The van der Waals surface area contributed by atoms with Crippen LogP contribution < -0.4 is 10.1 Å². The second kappa shape index (κ2) is 8.90. The van der Waals surface area contributed by atoms with Crippen LogP contribution in [0.5, 0.6) is 5.75 Å². The summed E-state index contributed by atoms with van der Waals surface area (Å²) < 4.78 is 16.5. The minimum Gasteiger partial charge on any atom is -0.492 e. The number of benzene rings is 1. The fourth-order valence-corrected chi connectivity index (χ4v) is 3.18. The van der Waals surface area contributed by atoms with Crippen molar-refractivity contribution >= 4 is 12.1 Å². The van der Waals surface area contributed by atoms with Gasteiger partial charge >= 0.3 is 12.1 Å². The summed E-state index contributed by atoms with van der Waals surface area (Å²) in [4.78, 5) is 27.4. The SMILES string of the molecule is CN1CCN(CCOc2ccc(C[C@H](NC(=O)OC(C)(C)C)[C@H]3CO3)cc2)C1=O. The van der Waals surface area contributed by atoms with Gasteiger partial charge in [0.1, 0.15) is 24.1 Å². The van der Waals surface area contributed by atoms with Crippen molar-refractivity contribution in [2.75, 3.05) is 39.9 Å². The zero-order valence-electron chi connectivity index (χ0n) is 17.6. The maximum atomic E-state index is 12.1. The fourth-order valence-electron chi connectivity index (χ4n) is 3.18. The Morgan fingerprint density at radius 3 is 2.52 bits per heavy atom. The lowest BCUT2D eigenvalue weighted by Gasteiger charge is -2.23. The van der Waals surface area contributed by atoms with Gasteiger partial charge in [-0.05, 0) is 44.9 Å². The zero-order chi connectivity index (χ0) is 21.0. The topological polar surface area (TPSA) is 83.6 Å². The monoisotopic (exact) mass is 405 g/mol. The Morgan fingerprint density at radius 2 is 1.97 bits per heavy atom. The number of likely N-dealkylation sites (N-methyl/N-ethyl adjacent to an activating group) is 1. The van der Waals surface area contributed by atoms with Crippen molar-refractivity contribution in [3.8, 4) is 5.75 Å². The van der Waals surface area contributed by atoms with Crippen LogP contribution in [-0.4, -0.2) is 79.6 Å². The quantitative estimate of drug-likeness (QED) is 0.671. The van der Waals surface area contributed by atoms with Gasteiger partial charge in [0.2, 0.25) is 0 Å². The maximum absolute atomic E-state index is 12.1. The van der Waals surface area contributed by atoms with Crippen LogP contribution in [0.25, 0.3) is 0 Å². The second-order valence-electron chi connectivity index (χ2n) is 8.51. The van der Waals surface area contributed by atoms with Crippen molar-refractivity contribution < 1.29 is 23.8 Å². The molecule has 8 nitrogen and oxygen atoms in total. The van der Waals surface area contributed by atoms with Crippen LogP contribution in [0.1, 0.15) is 26.3 Å². The Labute approximate surface area is 172 Å². The summed E-state index contributed by atoms with van der Waals surface area (Å²) in [5.41, 5.74) is 0.540. The van der Waals surface area contributed by atoms with Gasteiger partial charge in [0, 0.05) is 20.1 Å². The highest BCUT2D eigenvalue weighted by atomic mass is 16.6. The summed E-state index contributed by atoms with van der Waals surface area (Å²) in [5.74, 6) is 0.757. The maximum Gasteiger partial charge on any atom is 0.407 e. The highest BCUT2D eigenvalue weighted by Crippen LogP contribution is 2.21. The molecular weight excluding hydrogens is 374 g/mol. The molecule has 0 spiro atoms. The molecule has 8 heteroatoms. The van der Waals surface area contributed by atoms with E-state index >= 15 is 0 Å². The number of nitrogens with one attached hydrogen (secondary N) is 1. The lowest BCUT2D eigenvalue weighted by molar-refractivity contribution is 0.0495. The van der Waals surface area contributed by atoms with Crippen molar-refractivity contribution in [3.63, 3.8) is 0 Å². The molecule has 0 bridgehead atoms. The van der Waals surface area contributed by atoms with Crippen LogP contribution in [0.4, 0.5) is 9.59 Å². The van der Waals surface area contributed by atoms with Gasteiger partial charge in [0.05, 0.1) is 19.2 Å². The number of nitrogens with zero attached hydrogens (tertiary/aromatic N) is 2. The molecule has 2 saturated heterocycles. The van der Waals surface area contributed by atoms with Gasteiger partial charge < -0.3 is 29.3 Å². The van der Waals surface area contributed by atoms with E-state index in [0.29, 0.717) is 26.2 Å². The number of hydrogen-bond donors (Lipinski definition) is 1. The molecule has 1 aromatic carbocycles. The number of amides is 3. The fraction of sp³-hybridized carbons (Fsp3) is 0.619. The smallest absolute Gasteiger partial charge is 0.407 e. The molecule has 1 N–H and O–H groups in total. The Balaban J connectivity index is 1.46. The molecule has 29 heavy (non-hydrogen) atoms. The highest BCUT2D eigenvalue weighted by molar-refractivity contribution is 5.76. The van der Waals surface area contributed by atoms with E-state index in [9.17, 15) is 9.59 Å². The molecule has 2 aliphatic rings. The first-order valence-electron chi connectivity index (χ1n) is 10.0. The number of urea groups is 1. The Kier molecular flexibility index (Phi) is 6.52. The number of rotatable bonds is 8. The summed E-state index contributed by atoms with van der Waals surface area (Å²) in [6.07, 6.45) is 0.244. The molecular formula is C21H31N3O5. The van der Waals surface area contributed by atoms with Gasteiger partial charge in [-0.3, -0.25) is 0 Å². The first-order valence-corrected chi connectivity index (χ1v) is 10.0. The summed E-state index contributed by atoms with van der Waals surface area (Å²) in [7, 11) is 1.81. The normalized spacial score (nSPS) is 19.9.